The van der Waals surface area contributed by atoms with Gasteiger partial charge in [0, 0.05) is 10.5 Å². The van der Waals surface area contributed by atoms with Crippen molar-refractivity contribution in [3.05, 3.63) is 52.0 Å². The van der Waals surface area contributed by atoms with Crippen LogP contribution in [0, 0.1) is 18.3 Å². The zero-order chi connectivity index (χ0) is 13.1. The molecule has 2 rings (SSSR count). The van der Waals surface area contributed by atoms with Crippen LogP contribution in [0.25, 0.3) is 0 Å². The predicted octanol–water partition coefficient (Wildman–Crippen LogP) is 4.00. The van der Waals surface area contributed by atoms with Gasteiger partial charge in [-0.25, -0.2) is 0 Å². The molecule has 3 nitrogen and oxygen atoms in total. The summed E-state index contributed by atoms with van der Waals surface area (Å²) in [7, 11) is 0. The van der Waals surface area contributed by atoms with E-state index in [9.17, 15) is 0 Å². The molecule has 0 saturated carbocycles. The van der Waals surface area contributed by atoms with Crippen molar-refractivity contribution >= 4 is 21.6 Å². The lowest BCUT2D eigenvalue weighted by Gasteiger charge is -2.09. The van der Waals surface area contributed by atoms with Gasteiger partial charge in [0.05, 0.1) is 11.3 Å². The molecule has 0 heterocycles. The molecule has 0 atom stereocenters. The minimum atomic E-state index is 0.421. The molecule has 0 spiro atoms. The van der Waals surface area contributed by atoms with Gasteiger partial charge in [-0.05, 0) is 42.8 Å². The van der Waals surface area contributed by atoms with Gasteiger partial charge in [-0.15, -0.1) is 0 Å². The number of halogens is 1. The van der Waals surface area contributed by atoms with E-state index in [1.165, 1.54) is 0 Å². The van der Waals surface area contributed by atoms with Gasteiger partial charge < -0.3 is 10.5 Å². The molecular formula is C14H11BrN2O. The lowest BCUT2D eigenvalue weighted by molar-refractivity contribution is 0.479. The van der Waals surface area contributed by atoms with Crippen LogP contribution in [0.1, 0.15) is 11.1 Å². The van der Waals surface area contributed by atoms with Crippen molar-refractivity contribution < 1.29 is 4.74 Å². The average Bonchev–Trinajstić information content (AvgIpc) is 2.33. The Morgan fingerprint density at radius 1 is 1.22 bits per heavy atom. The van der Waals surface area contributed by atoms with E-state index in [1.54, 1.807) is 18.2 Å². The number of nitrogen functional groups attached to an aromatic ring is 1. The Balaban J connectivity index is 2.29. The van der Waals surface area contributed by atoms with Crippen LogP contribution in [0.3, 0.4) is 0 Å². The van der Waals surface area contributed by atoms with Crippen LogP contribution in [0.2, 0.25) is 0 Å². The Bertz CT molecular complexity index is 632. The van der Waals surface area contributed by atoms with Crippen molar-refractivity contribution in [2.75, 3.05) is 5.73 Å². The maximum absolute atomic E-state index is 8.80. The van der Waals surface area contributed by atoms with Crippen LogP contribution in [0.5, 0.6) is 11.5 Å². The molecule has 0 unspecified atom stereocenters. The number of benzene rings is 2. The first-order chi connectivity index (χ1) is 8.60. The number of aryl methyl sites for hydroxylation is 1. The average molecular weight is 303 g/mol. The lowest BCUT2D eigenvalue weighted by Crippen LogP contribution is -1.92. The van der Waals surface area contributed by atoms with Crippen molar-refractivity contribution in [1.29, 1.82) is 5.26 Å². The Kier molecular flexibility index (Phi) is 3.54. The van der Waals surface area contributed by atoms with E-state index in [2.05, 4.69) is 15.9 Å². The van der Waals surface area contributed by atoms with Gasteiger partial charge in [-0.3, -0.25) is 0 Å². The van der Waals surface area contributed by atoms with Crippen LogP contribution in [-0.2, 0) is 0 Å². The minimum absolute atomic E-state index is 0.421. The molecule has 18 heavy (non-hydrogen) atoms. The Hall–Kier alpha value is -1.99. The highest BCUT2D eigenvalue weighted by molar-refractivity contribution is 9.10. The molecule has 2 N–H and O–H groups in total. The highest BCUT2D eigenvalue weighted by Gasteiger charge is 2.04. The molecule has 0 aliphatic rings. The summed E-state index contributed by atoms with van der Waals surface area (Å²) >= 11 is 3.40. The van der Waals surface area contributed by atoms with Crippen LogP contribution in [0.4, 0.5) is 5.69 Å². The normalized spacial score (nSPS) is 9.83. The summed E-state index contributed by atoms with van der Waals surface area (Å²) in [4.78, 5) is 0. The Morgan fingerprint density at radius 3 is 2.61 bits per heavy atom. The van der Waals surface area contributed by atoms with Gasteiger partial charge in [0.15, 0.2) is 0 Å². The summed E-state index contributed by atoms with van der Waals surface area (Å²) in [6.45, 7) is 1.97. The van der Waals surface area contributed by atoms with Crippen molar-refractivity contribution in [3.8, 4) is 17.6 Å². The molecule has 0 saturated heterocycles. The third kappa shape index (κ3) is 2.63. The summed E-state index contributed by atoms with van der Waals surface area (Å²) in [6.07, 6.45) is 0. The summed E-state index contributed by atoms with van der Waals surface area (Å²) in [5.74, 6) is 1.39. The highest BCUT2D eigenvalue weighted by Crippen LogP contribution is 2.29. The van der Waals surface area contributed by atoms with Gasteiger partial charge in [0.25, 0.3) is 0 Å². The number of hydrogen-bond donors (Lipinski definition) is 1. The standard InChI is InChI=1S/C14H11BrN2O/c1-9-6-11(15)3-5-14(9)18-12-4-2-10(8-16)13(17)7-12/h2-7H,17H2,1H3. The maximum Gasteiger partial charge on any atom is 0.130 e. The van der Waals surface area contributed by atoms with E-state index >= 15 is 0 Å². The second kappa shape index (κ2) is 5.11. The van der Waals surface area contributed by atoms with Crippen molar-refractivity contribution in [2.45, 2.75) is 6.92 Å². The van der Waals surface area contributed by atoms with Crippen molar-refractivity contribution in [2.24, 2.45) is 0 Å². The summed E-state index contributed by atoms with van der Waals surface area (Å²) in [5.41, 5.74) is 7.63. The van der Waals surface area contributed by atoms with E-state index < -0.39 is 0 Å². The first-order valence-corrected chi connectivity index (χ1v) is 6.13. The van der Waals surface area contributed by atoms with Gasteiger partial charge in [0.2, 0.25) is 0 Å². The number of hydrogen-bond acceptors (Lipinski definition) is 3. The topological polar surface area (TPSA) is 59.0 Å². The first-order valence-electron chi connectivity index (χ1n) is 5.34. The molecule has 0 aromatic heterocycles. The largest absolute Gasteiger partial charge is 0.457 e. The van der Waals surface area contributed by atoms with E-state index in [0.29, 0.717) is 17.0 Å². The quantitative estimate of drug-likeness (QED) is 0.853. The van der Waals surface area contributed by atoms with E-state index in [4.69, 9.17) is 15.7 Å². The maximum atomic E-state index is 8.80. The van der Waals surface area contributed by atoms with Gasteiger partial charge in [-0.1, -0.05) is 15.9 Å². The minimum Gasteiger partial charge on any atom is -0.457 e. The zero-order valence-electron chi connectivity index (χ0n) is 9.77. The van der Waals surface area contributed by atoms with E-state index in [1.807, 2.05) is 31.2 Å². The monoisotopic (exact) mass is 302 g/mol. The van der Waals surface area contributed by atoms with Crippen LogP contribution >= 0.6 is 15.9 Å². The number of ether oxygens (including phenoxy) is 1. The molecule has 0 aliphatic carbocycles. The molecule has 0 radical (unpaired) electrons. The molecule has 0 aliphatic heterocycles. The van der Waals surface area contributed by atoms with Crippen LogP contribution in [-0.4, -0.2) is 0 Å². The van der Waals surface area contributed by atoms with Gasteiger partial charge in [-0.2, -0.15) is 5.26 Å². The van der Waals surface area contributed by atoms with E-state index in [-0.39, 0.29) is 0 Å². The fourth-order valence-corrected chi connectivity index (χ4v) is 2.04. The number of nitrogens with two attached hydrogens (primary N) is 1. The SMILES string of the molecule is Cc1cc(Br)ccc1Oc1ccc(C#N)c(N)c1. The fraction of sp³-hybridized carbons (Fsp3) is 0.0714. The van der Waals surface area contributed by atoms with Crippen LogP contribution in [0.15, 0.2) is 40.9 Å². The molecule has 2 aromatic carbocycles. The van der Waals surface area contributed by atoms with Gasteiger partial charge >= 0.3 is 0 Å². The fourth-order valence-electron chi connectivity index (χ4n) is 1.56. The number of rotatable bonds is 2. The molecule has 4 heteroatoms. The lowest BCUT2D eigenvalue weighted by atomic mass is 10.2. The Labute approximate surface area is 114 Å². The molecule has 90 valence electrons. The predicted molar refractivity (Wildman–Crippen MR) is 74.5 cm³/mol. The second-order valence-corrected chi connectivity index (χ2v) is 4.79. The molecular weight excluding hydrogens is 292 g/mol. The first kappa shape index (κ1) is 12.5. The molecule has 2 aromatic rings. The number of nitrogens with zero attached hydrogens (tertiary/aromatic N) is 1. The smallest absolute Gasteiger partial charge is 0.130 e. The Morgan fingerprint density at radius 2 is 2.00 bits per heavy atom. The highest BCUT2D eigenvalue weighted by atomic mass is 79.9. The summed E-state index contributed by atoms with van der Waals surface area (Å²) < 4.78 is 6.74. The van der Waals surface area contributed by atoms with Crippen molar-refractivity contribution in [1.82, 2.24) is 0 Å². The molecule has 0 amide bonds. The summed E-state index contributed by atoms with van der Waals surface area (Å²) in [6, 6.07) is 12.8. The molecule has 0 fully saturated rings. The zero-order valence-corrected chi connectivity index (χ0v) is 11.4. The third-order valence-electron chi connectivity index (χ3n) is 2.51. The van der Waals surface area contributed by atoms with Crippen LogP contribution < -0.4 is 10.5 Å². The number of anilines is 1. The van der Waals surface area contributed by atoms with E-state index in [0.717, 1.165) is 15.8 Å². The second-order valence-electron chi connectivity index (χ2n) is 3.87. The number of nitriles is 1. The molecule has 0 bridgehead atoms. The van der Waals surface area contributed by atoms with Crippen molar-refractivity contribution in [3.63, 3.8) is 0 Å². The van der Waals surface area contributed by atoms with Gasteiger partial charge in [0.1, 0.15) is 17.6 Å². The third-order valence-corrected chi connectivity index (χ3v) is 3.00. The summed E-state index contributed by atoms with van der Waals surface area (Å²) in [5, 5.41) is 8.80.